The molecule has 30 heavy (non-hydrogen) atoms. The van der Waals surface area contributed by atoms with E-state index in [0.29, 0.717) is 25.4 Å². The van der Waals surface area contributed by atoms with Crippen LogP contribution in [0.25, 0.3) is 0 Å². The summed E-state index contributed by atoms with van der Waals surface area (Å²) in [6.07, 6.45) is 5.62. The number of amides is 1. The molecule has 0 aliphatic rings. The van der Waals surface area contributed by atoms with Crippen molar-refractivity contribution in [1.82, 2.24) is 10.2 Å². The summed E-state index contributed by atoms with van der Waals surface area (Å²) in [4.78, 5) is 13.2. The lowest BCUT2D eigenvalue weighted by Crippen LogP contribution is -2.37. The molecule has 1 unspecified atom stereocenters. The van der Waals surface area contributed by atoms with E-state index in [1.807, 2.05) is 59.5 Å². The van der Waals surface area contributed by atoms with Gasteiger partial charge < -0.3 is 19.9 Å². The van der Waals surface area contributed by atoms with E-state index in [-0.39, 0.29) is 31.5 Å². The zero-order valence-corrected chi connectivity index (χ0v) is 17.9. The second-order valence-electron chi connectivity index (χ2n) is 6.57. The van der Waals surface area contributed by atoms with Gasteiger partial charge in [0.1, 0.15) is 24.2 Å². The number of para-hydroxylation sites is 1. The van der Waals surface area contributed by atoms with E-state index in [1.165, 1.54) is 0 Å². The number of terminal acetylenes is 1. The minimum absolute atomic E-state index is 0. The molecular weight excluding hydrogens is 404 g/mol. The minimum Gasteiger partial charge on any atom is -0.491 e. The Hall–Kier alpha value is -2.72. The van der Waals surface area contributed by atoms with Gasteiger partial charge in [-0.05, 0) is 36.2 Å². The molecule has 0 spiro atoms. The highest BCUT2D eigenvalue weighted by atomic mass is 35.5. The molecule has 0 saturated carbocycles. The zero-order chi connectivity index (χ0) is 20.9. The number of likely N-dealkylation sites (N-methyl/N-ethyl adjacent to an activating group) is 1. The average Bonchev–Trinajstić information content (AvgIpc) is 2.76. The molecule has 2 rings (SSSR count). The van der Waals surface area contributed by atoms with Gasteiger partial charge in [0.15, 0.2) is 6.61 Å². The van der Waals surface area contributed by atoms with Crippen molar-refractivity contribution >= 4 is 18.3 Å². The van der Waals surface area contributed by atoms with E-state index < -0.39 is 6.10 Å². The van der Waals surface area contributed by atoms with Crippen molar-refractivity contribution in [1.29, 1.82) is 0 Å². The van der Waals surface area contributed by atoms with Crippen molar-refractivity contribution in [2.24, 2.45) is 0 Å². The summed E-state index contributed by atoms with van der Waals surface area (Å²) < 4.78 is 11.0. The van der Waals surface area contributed by atoms with Crippen molar-refractivity contribution in [3.63, 3.8) is 0 Å². The number of benzene rings is 2. The highest BCUT2D eigenvalue weighted by Crippen LogP contribution is 2.13. The number of hydrogen-bond donors (Lipinski definition) is 2. The first-order valence-corrected chi connectivity index (χ1v) is 9.54. The van der Waals surface area contributed by atoms with Gasteiger partial charge in [-0.1, -0.05) is 36.3 Å². The van der Waals surface area contributed by atoms with E-state index in [4.69, 9.17) is 15.9 Å². The molecule has 7 heteroatoms. The molecule has 0 radical (unpaired) electrons. The van der Waals surface area contributed by atoms with Crippen LogP contribution < -0.4 is 14.8 Å². The normalized spacial score (nSPS) is 11.1. The number of aliphatic hydroxyl groups is 1. The summed E-state index contributed by atoms with van der Waals surface area (Å²) in [7, 11) is 1.57. The van der Waals surface area contributed by atoms with Crippen LogP contribution in [0.4, 0.5) is 0 Å². The maximum atomic E-state index is 11.2. The Morgan fingerprint density at radius 1 is 1.13 bits per heavy atom. The lowest BCUT2D eigenvalue weighted by molar-refractivity contribution is -0.122. The summed E-state index contributed by atoms with van der Waals surface area (Å²) in [5, 5.41) is 12.8. The molecule has 1 atom stereocenters. The Kier molecular flexibility index (Phi) is 12.1. The van der Waals surface area contributed by atoms with Gasteiger partial charge in [0.05, 0.1) is 6.54 Å². The Bertz CT molecular complexity index is 778. The molecule has 2 aromatic carbocycles. The van der Waals surface area contributed by atoms with Crippen LogP contribution in [0, 0.1) is 12.3 Å². The number of rotatable bonds is 12. The maximum Gasteiger partial charge on any atom is 0.257 e. The Labute approximate surface area is 184 Å². The largest absolute Gasteiger partial charge is 0.491 e. The van der Waals surface area contributed by atoms with Gasteiger partial charge >= 0.3 is 0 Å². The maximum absolute atomic E-state index is 11.2. The predicted octanol–water partition coefficient (Wildman–Crippen LogP) is 2.15. The first-order valence-electron chi connectivity index (χ1n) is 9.54. The van der Waals surface area contributed by atoms with E-state index in [2.05, 4.69) is 11.2 Å². The highest BCUT2D eigenvalue weighted by molar-refractivity contribution is 5.85. The lowest BCUT2D eigenvalue weighted by atomic mass is 10.1. The second kappa shape index (κ2) is 14.3. The topological polar surface area (TPSA) is 71.0 Å². The fourth-order valence-electron chi connectivity index (χ4n) is 2.68. The second-order valence-corrected chi connectivity index (χ2v) is 6.57. The monoisotopic (exact) mass is 432 g/mol. The van der Waals surface area contributed by atoms with Gasteiger partial charge in [-0.25, -0.2) is 0 Å². The first kappa shape index (κ1) is 25.3. The summed E-state index contributed by atoms with van der Waals surface area (Å²) in [6, 6.07) is 17.0. The van der Waals surface area contributed by atoms with Crippen LogP contribution in [0.5, 0.6) is 11.5 Å². The molecule has 0 aliphatic heterocycles. The number of nitrogens with one attached hydrogen (secondary N) is 1. The predicted molar refractivity (Wildman–Crippen MR) is 120 cm³/mol. The van der Waals surface area contributed by atoms with Crippen molar-refractivity contribution in [2.75, 3.05) is 39.9 Å². The molecule has 1 amide bonds. The van der Waals surface area contributed by atoms with Crippen LogP contribution in [0.2, 0.25) is 0 Å². The standard InChI is InChI=1S/C23H28N2O4.ClH/c1-3-14-25(16-20(26)17-28-21-7-5-4-6-8-21)15-13-19-9-11-22(12-10-19)29-18-23(27)24-2;/h1,4-12,20,26H,13-18H2,2H3,(H,24,27);1H. The van der Waals surface area contributed by atoms with Gasteiger partial charge in [0.2, 0.25) is 0 Å². The molecule has 0 fully saturated rings. The summed E-state index contributed by atoms with van der Waals surface area (Å²) in [5.74, 6) is 3.84. The third-order valence-electron chi connectivity index (χ3n) is 4.26. The molecule has 0 aromatic heterocycles. The third kappa shape index (κ3) is 9.66. The highest BCUT2D eigenvalue weighted by Gasteiger charge is 2.12. The zero-order valence-electron chi connectivity index (χ0n) is 17.1. The molecule has 2 N–H and O–H groups in total. The molecule has 0 saturated heterocycles. The third-order valence-corrected chi connectivity index (χ3v) is 4.26. The Morgan fingerprint density at radius 3 is 2.43 bits per heavy atom. The van der Waals surface area contributed by atoms with Crippen LogP contribution in [0.1, 0.15) is 5.56 Å². The van der Waals surface area contributed by atoms with Gasteiger partial charge in [-0.15, -0.1) is 18.8 Å². The molecule has 0 aliphatic carbocycles. The summed E-state index contributed by atoms with van der Waals surface area (Å²) >= 11 is 0. The van der Waals surface area contributed by atoms with Gasteiger partial charge in [0.25, 0.3) is 5.91 Å². The molecular formula is C23H29ClN2O4. The van der Waals surface area contributed by atoms with Crippen LogP contribution in [0.3, 0.4) is 0 Å². The SMILES string of the molecule is C#CCN(CCc1ccc(OCC(=O)NC)cc1)CC(O)COc1ccccc1.Cl. The number of carbonyl (C=O) groups excluding carboxylic acids is 1. The van der Waals surface area contributed by atoms with Gasteiger partial charge in [-0.2, -0.15) is 0 Å². The molecule has 6 nitrogen and oxygen atoms in total. The quantitative estimate of drug-likeness (QED) is 0.503. The summed E-state index contributed by atoms with van der Waals surface area (Å²) in [5.41, 5.74) is 1.12. The average molecular weight is 433 g/mol. The number of nitrogens with zero attached hydrogens (tertiary/aromatic N) is 1. The van der Waals surface area contributed by atoms with Crippen molar-refractivity contribution in [3.05, 3.63) is 60.2 Å². The molecule has 0 bridgehead atoms. The molecule has 0 heterocycles. The number of halogens is 1. The van der Waals surface area contributed by atoms with Crippen LogP contribution in [0.15, 0.2) is 54.6 Å². The van der Waals surface area contributed by atoms with E-state index in [1.54, 1.807) is 7.05 Å². The van der Waals surface area contributed by atoms with Gasteiger partial charge in [-0.3, -0.25) is 9.69 Å². The Balaban J connectivity index is 0.00000450. The van der Waals surface area contributed by atoms with Crippen molar-refractivity contribution < 1.29 is 19.4 Å². The minimum atomic E-state index is -0.635. The fraction of sp³-hybridized carbons (Fsp3) is 0.348. The molecule has 2 aromatic rings. The van der Waals surface area contributed by atoms with Crippen LogP contribution in [-0.2, 0) is 11.2 Å². The van der Waals surface area contributed by atoms with E-state index >= 15 is 0 Å². The van der Waals surface area contributed by atoms with E-state index in [9.17, 15) is 9.90 Å². The summed E-state index contributed by atoms with van der Waals surface area (Å²) in [6.45, 7) is 1.81. The number of carbonyl (C=O) groups is 1. The smallest absolute Gasteiger partial charge is 0.257 e. The fourth-order valence-corrected chi connectivity index (χ4v) is 2.68. The Morgan fingerprint density at radius 2 is 1.80 bits per heavy atom. The first-order chi connectivity index (χ1) is 14.1. The number of hydrogen-bond acceptors (Lipinski definition) is 5. The number of aliphatic hydroxyl groups excluding tert-OH is 1. The van der Waals surface area contributed by atoms with Crippen molar-refractivity contribution in [2.45, 2.75) is 12.5 Å². The van der Waals surface area contributed by atoms with E-state index in [0.717, 1.165) is 17.7 Å². The van der Waals surface area contributed by atoms with Crippen LogP contribution >= 0.6 is 12.4 Å². The lowest BCUT2D eigenvalue weighted by Gasteiger charge is -2.23. The number of ether oxygens (including phenoxy) is 2. The molecule has 162 valence electrons. The van der Waals surface area contributed by atoms with Crippen LogP contribution in [-0.4, -0.2) is 61.9 Å². The van der Waals surface area contributed by atoms with Gasteiger partial charge in [0, 0.05) is 20.1 Å². The van der Waals surface area contributed by atoms with Crippen molar-refractivity contribution in [3.8, 4) is 23.8 Å².